The van der Waals surface area contributed by atoms with Crippen LogP contribution in [-0.2, 0) is 47.5 Å². The van der Waals surface area contributed by atoms with E-state index in [1.807, 2.05) is 0 Å². The van der Waals surface area contributed by atoms with E-state index in [2.05, 4.69) is 0 Å². The molecule has 0 saturated carbocycles. The van der Waals surface area contributed by atoms with Crippen molar-refractivity contribution in [1.29, 1.82) is 0 Å². The summed E-state index contributed by atoms with van der Waals surface area (Å²) in [5.74, 6) is -1.96. The van der Waals surface area contributed by atoms with E-state index in [0.717, 1.165) is 12.5 Å². The van der Waals surface area contributed by atoms with Gasteiger partial charge in [0, 0.05) is 0 Å². The summed E-state index contributed by atoms with van der Waals surface area (Å²) in [4.78, 5) is 0. The van der Waals surface area contributed by atoms with Crippen LogP contribution < -0.4 is 0 Å². The van der Waals surface area contributed by atoms with Gasteiger partial charge in [-0.3, -0.25) is 8.37 Å². The van der Waals surface area contributed by atoms with Crippen LogP contribution in [0.1, 0.15) is 27.7 Å². The zero-order valence-electron chi connectivity index (χ0n) is 15.6. The van der Waals surface area contributed by atoms with E-state index in [-0.39, 0.29) is 13.2 Å². The van der Waals surface area contributed by atoms with E-state index >= 15 is 0 Å². The Kier molecular flexibility index (Phi) is 6.12. The number of ether oxygens (including phenoxy) is 4. The maximum absolute atomic E-state index is 11.8. The van der Waals surface area contributed by atoms with Gasteiger partial charge in [0.2, 0.25) is 0 Å². The van der Waals surface area contributed by atoms with Crippen molar-refractivity contribution >= 4 is 20.2 Å². The highest BCUT2D eigenvalue weighted by molar-refractivity contribution is 7.86. The molecule has 0 aliphatic carbocycles. The molecule has 0 bridgehead atoms. The molecule has 0 aromatic heterocycles. The third-order valence-corrected chi connectivity index (χ3v) is 4.83. The first-order valence-electron chi connectivity index (χ1n) is 7.97. The molecule has 0 aromatic carbocycles. The molecule has 0 radical (unpaired) electrons. The summed E-state index contributed by atoms with van der Waals surface area (Å²) in [7, 11) is -7.93. The van der Waals surface area contributed by atoms with Crippen LogP contribution in [0, 0.1) is 0 Å². The molecular weight excluding hydrogens is 392 g/mol. The average Bonchev–Trinajstić information content (AvgIpc) is 2.93. The van der Waals surface area contributed by atoms with Crippen LogP contribution in [0.2, 0.25) is 0 Å². The van der Waals surface area contributed by atoms with Crippen LogP contribution in [0.4, 0.5) is 0 Å². The van der Waals surface area contributed by atoms with Gasteiger partial charge in [-0.2, -0.15) is 16.8 Å². The molecule has 0 unspecified atom stereocenters. The first-order chi connectivity index (χ1) is 11.6. The van der Waals surface area contributed by atoms with E-state index in [1.54, 1.807) is 27.7 Å². The maximum atomic E-state index is 11.8. The van der Waals surface area contributed by atoms with E-state index in [0.29, 0.717) is 0 Å². The predicted octanol–water partition coefficient (Wildman–Crippen LogP) is -0.0210. The van der Waals surface area contributed by atoms with Gasteiger partial charge in [0.15, 0.2) is 11.6 Å². The number of hydrogen-bond donors (Lipinski definition) is 0. The van der Waals surface area contributed by atoms with Gasteiger partial charge in [0.25, 0.3) is 20.2 Å². The van der Waals surface area contributed by atoms with Gasteiger partial charge < -0.3 is 18.9 Å². The number of rotatable bonds is 7. The zero-order chi connectivity index (χ0) is 20.0. The Hall–Kier alpha value is -0.340. The topological polar surface area (TPSA) is 124 Å². The first kappa shape index (κ1) is 22.0. The second kappa shape index (κ2) is 7.24. The summed E-state index contributed by atoms with van der Waals surface area (Å²) in [5, 5.41) is 0. The Morgan fingerprint density at radius 1 is 0.769 bits per heavy atom. The largest absolute Gasteiger partial charge is 0.348 e. The molecule has 2 fully saturated rings. The molecule has 12 heteroatoms. The highest BCUT2D eigenvalue weighted by atomic mass is 32.2. The van der Waals surface area contributed by atoms with Crippen LogP contribution >= 0.6 is 0 Å². The molecule has 0 amide bonds. The van der Waals surface area contributed by atoms with Crippen molar-refractivity contribution < 1.29 is 44.1 Å². The quantitative estimate of drug-likeness (QED) is 0.521. The van der Waals surface area contributed by atoms with Crippen LogP contribution in [-0.4, -0.2) is 78.6 Å². The molecule has 4 atom stereocenters. The standard InChI is InChI=1S/C14H26O10S2/c1-13(2)19-7-9(21-13)11(23-25(5,15)16)12(24-26(6,17)18)10-8-20-14(3,4)22-10/h9-12H,7-8H2,1-6H3/t9-,10-,11-,12-/m1/s1. The second-order valence-corrected chi connectivity index (χ2v) is 10.5. The Balaban J connectivity index is 2.37. The highest BCUT2D eigenvalue weighted by Gasteiger charge is 2.50. The molecule has 26 heavy (non-hydrogen) atoms. The van der Waals surface area contributed by atoms with Gasteiger partial charge in [0.1, 0.15) is 24.4 Å². The molecule has 2 aliphatic heterocycles. The fourth-order valence-corrected chi connectivity index (χ4v) is 4.09. The van der Waals surface area contributed by atoms with Crippen LogP contribution in [0.25, 0.3) is 0 Å². The summed E-state index contributed by atoms with van der Waals surface area (Å²) in [6.07, 6.45) is -2.70. The molecule has 2 aliphatic rings. The molecule has 0 aromatic rings. The Bertz CT molecular complexity index is 650. The lowest BCUT2D eigenvalue weighted by molar-refractivity contribution is -0.174. The molecule has 2 heterocycles. The minimum Gasteiger partial charge on any atom is -0.348 e. The van der Waals surface area contributed by atoms with E-state index in [4.69, 9.17) is 27.3 Å². The summed E-state index contributed by atoms with van der Waals surface area (Å²) in [6.45, 7) is 6.58. The molecule has 2 rings (SSSR count). The highest BCUT2D eigenvalue weighted by Crippen LogP contribution is 2.33. The first-order valence-corrected chi connectivity index (χ1v) is 11.6. The molecular formula is C14H26O10S2. The predicted molar refractivity (Wildman–Crippen MR) is 89.2 cm³/mol. The van der Waals surface area contributed by atoms with Crippen LogP contribution in [0.15, 0.2) is 0 Å². The van der Waals surface area contributed by atoms with Gasteiger partial charge in [-0.05, 0) is 27.7 Å². The molecule has 0 spiro atoms. The van der Waals surface area contributed by atoms with Crippen molar-refractivity contribution in [2.24, 2.45) is 0 Å². The zero-order valence-corrected chi connectivity index (χ0v) is 17.3. The second-order valence-electron chi connectivity index (χ2n) is 7.26. The average molecular weight is 418 g/mol. The normalized spacial score (nSPS) is 31.0. The molecule has 154 valence electrons. The van der Waals surface area contributed by atoms with Crippen molar-refractivity contribution in [3.8, 4) is 0 Å². The van der Waals surface area contributed by atoms with Crippen molar-refractivity contribution in [3.05, 3.63) is 0 Å². The van der Waals surface area contributed by atoms with Gasteiger partial charge in [0.05, 0.1) is 25.7 Å². The van der Waals surface area contributed by atoms with E-state index < -0.39 is 56.2 Å². The van der Waals surface area contributed by atoms with Gasteiger partial charge in [-0.15, -0.1) is 0 Å². The minimum atomic E-state index is -3.96. The third-order valence-electron chi connectivity index (χ3n) is 3.69. The molecule has 10 nitrogen and oxygen atoms in total. The molecule has 0 N–H and O–H groups in total. The minimum absolute atomic E-state index is 0.00617. The Morgan fingerprint density at radius 2 is 1.08 bits per heavy atom. The lowest BCUT2D eigenvalue weighted by Crippen LogP contribution is -2.51. The maximum Gasteiger partial charge on any atom is 0.264 e. The summed E-state index contributed by atoms with van der Waals surface area (Å²) < 4.78 is 79.7. The Morgan fingerprint density at radius 3 is 1.27 bits per heavy atom. The van der Waals surface area contributed by atoms with Crippen LogP contribution in [0.5, 0.6) is 0 Å². The monoisotopic (exact) mass is 418 g/mol. The fraction of sp³-hybridized carbons (Fsp3) is 1.00. The van der Waals surface area contributed by atoms with E-state index in [1.165, 1.54) is 0 Å². The van der Waals surface area contributed by atoms with Crippen LogP contribution in [0.3, 0.4) is 0 Å². The summed E-state index contributed by atoms with van der Waals surface area (Å²) >= 11 is 0. The van der Waals surface area contributed by atoms with Gasteiger partial charge in [-0.1, -0.05) is 0 Å². The smallest absolute Gasteiger partial charge is 0.264 e. The lowest BCUT2D eigenvalue weighted by Gasteiger charge is -2.32. The summed E-state index contributed by atoms with van der Waals surface area (Å²) in [5.41, 5.74) is 0. The van der Waals surface area contributed by atoms with Gasteiger partial charge >= 0.3 is 0 Å². The third kappa shape index (κ3) is 6.37. The van der Waals surface area contributed by atoms with Crippen molar-refractivity contribution in [2.45, 2.75) is 63.7 Å². The number of hydrogen-bond acceptors (Lipinski definition) is 10. The Labute approximate surface area is 154 Å². The van der Waals surface area contributed by atoms with E-state index in [9.17, 15) is 16.8 Å². The lowest BCUT2D eigenvalue weighted by atomic mass is 10.0. The van der Waals surface area contributed by atoms with Crippen molar-refractivity contribution in [3.63, 3.8) is 0 Å². The van der Waals surface area contributed by atoms with Gasteiger partial charge in [-0.25, -0.2) is 0 Å². The SMILES string of the molecule is CC1(C)OC[C@H]([C@@H](OS(C)(=O)=O)[C@H](OS(C)(=O)=O)[C@H]2COC(C)(C)O2)O1. The summed E-state index contributed by atoms with van der Waals surface area (Å²) in [6, 6.07) is 0. The van der Waals surface area contributed by atoms with Crippen molar-refractivity contribution in [2.75, 3.05) is 25.7 Å². The molecule has 2 saturated heterocycles. The van der Waals surface area contributed by atoms with Crippen molar-refractivity contribution in [1.82, 2.24) is 0 Å². The fourth-order valence-electron chi connectivity index (χ4n) is 2.81.